The first-order valence-electron chi connectivity index (χ1n) is 6.70. The fraction of sp³-hybridized carbons (Fsp3) is 1.00. The lowest BCUT2D eigenvalue weighted by Gasteiger charge is -2.38. The molecule has 0 amide bonds. The molecule has 0 heterocycles. The lowest BCUT2D eigenvalue weighted by Crippen LogP contribution is -2.43. The molecule has 0 spiro atoms. The summed E-state index contributed by atoms with van der Waals surface area (Å²) >= 11 is 0. The molecule has 2 bridgehead atoms. The van der Waals surface area contributed by atoms with Crippen LogP contribution in [0.1, 0.15) is 53.9 Å². The Balaban J connectivity index is 2.31. The summed E-state index contributed by atoms with van der Waals surface area (Å²) < 4.78 is 12.1. The summed E-state index contributed by atoms with van der Waals surface area (Å²) in [6.07, 6.45) is 3.65. The van der Waals surface area contributed by atoms with Crippen LogP contribution in [0.15, 0.2) is 0 Å². The van der Waals surface area contributed by atoms with Crippen molar-refractivity contribution in [1.29, 1.82) is 0 Å². The average Bonchev–Trinajstić information content (AvgIpc) is 2.47. The zero-order valence-electron chi connectivity index (χ0n) is 11.4. The molecule has 2 atom stereocenters. The molecule has 94 valence electrons. The Morgan fingerprint density at radius 2 is 1.62 bits per heavy atom. The van der Waals surface area contributed by atoms with Gasteiger partial charge < -0.3 is 9.47 Å². The van der Waals surface area contributed by atoms with Gasteiger partial charge in [-0.2, -0.15) is 0 Å². The Labute approximate surface area is 99.7 Å². The lowest BCUT2D eigenvalue weighted by atomic mass is 9.71. The van der Waals surface area contributed by atoms with Gasteiger partial charge in [-0.3, -0.25) is 0 Å². The molecule has 0 aromatic rings. The molecule has 0 saturated heterocycles. The molecule has 2 aliphatic rings. The van der Waals surface area contributed by atoms with Gasteiger partial charge in [-0.1, -0.05) is 20.8 Å². The van der Waals surface area contributed by atoms with Gasteiger partial charge in [-0.15, -0.1) is 0 Å². The number of fused-ring (bicyclic) bond motifs is 2. The van der Waals surface area contributed by atoms with Crippen LogP contribution in [-0.4, -0.2) is 19.0 Å². The molecular weight excluding hydrogens is 200 g/mol. The van der Waals surface area contributed by atoms with Crippen LogP contribution < -0.4 is 0 Å². The van der Waals surface area contributed by atoms with Crippen LogP contribution in [0, 0.1) is 16.7 Å². The van der Waals surface area contributed by atoms with E-state index in [4.69, 9.17) is 9.47 Å². The summed E-state index contributed by atoms with van der Waals surface area (Å²) in [5.74, 6) is 0.268. The summed E-state index contributed by atoms with van der Waals surface area (Å²) in [4.78, 5) is 0. The van der Waals surface area contributed by atoms with E-state index in [0.717, 1.165) is 19.6 Å². The van der Waals surface area contributed by atoms with E-state index in [9.17, 15) is 0 Å². The lowest BCUT2D eigenvalue weighted by molar-refractivity contribution is -0.266. The van der Waals surface area contributed by atoms with Crippen LogP contribution in [0.4, 0.5) is 0 Å². The van der Waals surface area contributed by atoms with Crippen LogP contribution >= 0.6 is 0 Å². The SMILES string of the molecule is CCOC1(OCC)C[C@@]2(C)CC[C@@H]1C2(C)C. The first-order chi connectivity index (χ1) is 7.42. The Morgan fingerprint density at radius 1 is 1.06 bits per heavy atom. The minimum Gasteiger partial charge on any atom is -0.350 e. The normalized spacial score (nSPS) is 39.2. The molecule has 0 aromatic heterocycles. The van der Waals surface area contributed by atoms with Crippen LogP contribution in [0.2, 0.25) is 0 Å². The van der Waals surface area contributed by atoms with Gasteiger partial charge in [-0.25, -0.2) is 0 Å². The van der Waals surface area contributed by atoms with E-state index in [1.54, 1.807) is 0 Å². The molecule has 0 unspecified atom stereocenters. The molecule has 0 aromatic carbocycles. The van der Waals surface area contributed by atoms with Crippen molar-refractivity contribution in [2.75, 3.05) is 13.2 Å². The number of ether oxygens (including phenoxy) is 2. The predicted octanol–water partition coefficient (Wildman–Crippen LogP) is 3.60. The summed E-state index contributed by atoms with van der Waals surface area (Å²) in [7, 11) is 0. The standard InChI is InChI=1S/C14H26O2/c1-6-15-14(16-7-2)10-13(5)9-8-11(14)12(13,3)4/h11H,6-10H2,1-5H3/t11-,13-/m1/s1. The number of rotatable bonds is 4. The average molecular weight is 226 g/mol. The second-order valence-corrected chi connectivity index (χ2v) is 6.23. The van der Waals surface area contributed by atoms with E-state index in [-0.39, 0.29) is 5.79 Å². The highest BCUT2D eigenvalue weighted by Crippen LogP contribution is 2.70. The summed E-state index contributed by atoms with van der Waals surface area (Å²) in [5, 5.41) is 0. The van der Waals surface area contributed by atoms with E-state index in [2.05, 4.69) is 34.6 Å². The number of hydrogen-bond donors (Lipinski definition) is 0. The van der Waals surface area contributed by atoms with Gasteiger partial charge >= 0.3 is 0 Å². The second-order valence-electron chi connectivity index (χ2n) is 6.23. The molecule has 2 heteroatoms. The summed E-state index contributed by atoms with van der Waals surface area (Å²) in [5.41, 5.74) is 0.735. The highest BCUT2D eigenvalue weighted by molar-refractivity contribution is 5.13. The Kier molecular flexibility index (Phi) is 2.87. The zero-order chi connectivity index (χ0) is 12.0. The topological polar surface area (TPSA) is 18.5 Å². The molecule has 2 rings (SSSR count). The molecule has 0 aliphatic heterocycles. The highest BCUT2D eigenvalue weighted by Gasteiger charge is 2.68. The molecule has 2 fully saturated rings. The molecule has 16 heavy (non-hydrogen) atoms. The monoisotopic (exact) mass is 226 g/mol. The zero-order valence-corrected chi connectivity index (χ0v) is 11.4. The van der Waals surface area contributed by atoms with E-state index in [0.29, 0.717) is 16.7 Å². The maximum Gasteiger partial charge on any atom is 0.172 e. The van der Waals surface area contributed by atoms with Gasteiger partial charge in [0.1, 0.15) is 0 Å². The van der Waals surface area contributed by atoms with Crippen molar-refractivity contribution in [3.05, 3.63) is 0 Å². The highest BCUT2D eigenvalue weighted by atomic mass is 16.7. The molecule has 0 radical (unpaired) electrons. The maximum absolute atomic E-state index is 6.04. The van der Waals surface area contributed by atoms with Gasteiger partial charge in [0.2, 0.25) is 0 Å². The van der Waals surface area contributed by atoms with Gasteiger partial charge in [0.25, 0.3) is 0 Å². The van der Waals surface area contributed by atoms with Crippen molar-refractivity contribution >= 4 is 0 Å². The number of hydrogen-bond acceptors (Lipinski definition) is 2. The van der Waals surface area contributed by atoms with Crippen molar-refractivity contribution in [3.63, 3.8) is 0 Å². The smallest absolute Gasteiger partial charge is 0.172 e. The van der Waals surface area contributed by atoms with E-state index < -0.39 is 0 Å². The third-order valence-corrected chi connectivity index (χ3v) is 5.36. The maximum atomic E-state index is 6.04. The Morgan fingerprint density at radius 3 is 1.94 bits per heavy atom. The fourth-order valence-electron chi connectivity index (χ4n) is 4.15. The Bertz CT molecular complexity index is 263. The Hall–Kier alpha value is -0.0800. The van der Waals surface area contributed by atoms with E-state index in [1.807, 2.05) is 0 Å². The van der Waals surface area contributed by atoms with Crippen LogP contribution in [0.5, 0.6) is 0 Å². The predicted molar refractivity (Wildman–Crippen MR) is 65.2 cm³/mol. The van der Waals surface area contributed by atoms with Crippen LogP contribution in [0.3, 0.4) is 0 Å². The van der Waals surface area contributed by atoms with Gasteiger partial charge in [0.05, 0.1) is 0 Å². The molecule has 2 aliphatic carbocycles. The first-order valence-corrected chi connectivity index (χ1v) is 6.70. The van der Waals surface area contributed by atoms with Crippen LogP contribution in [0.25, 0.3) is 0 Å². The third kappa shape index (κ3) is 1.39. The fourth-order valence-corrected chi connectivity index (χ4v) is 4.15. The minimum absolute atomic E-state index is 0.292. The molecule has 0 N–H and O–H groups in total. The third-order valence-electron chi connectivity index (χ3n) is 5.36. The first kappa shape index (κ1) is 12.4. The van der Waals surface area contributed by atoms with Gasteiger partial charge in [-0.05, 0) is 37.5 Å². The van der Waals surface area contributed by atoms with Crippen molar-refractivity contribution in [2.45, 2.75) is 59.7 Å². The molecule has 2 saturated carbocycles. The minimum atomic E-state index is -0.292. The van der Waals surface area contributed by atoms with Crippen molar-refractivity contribution < 1.29 is 9.47 Å². The summed E-state index contributed by atoms with van der Waals surface area (Å²) in [6, 6.07) is 0. The largest absolute Gasteiger partial charge is 0.350 e. The molecular formula is C14H26O2. The van der Waals surface area contributed by atoms with E-state index >= 15 is 0 Å². The quantitative estimate of drug-likeness (QED) is 0.682. The van der Waals surface area contributed by atoms with E-state index in [1.165, 1.54) is 12.8 Å². The summed E-state index contributed by atoms with van der Waals surface area (Å²) in [6.45, 7) is 12.8. The second kappa shape index (κ2) is 3.71. The molecule has 2 nitrogen and oxygen atoms in total. The van der Waals surface area contributed by atoms with Crippen LogP contribution in [-0.2, 0) is 9.47 Å². The van der Waals surface area contributed by atoms with Gasteiger partial charge in [0.15, 0.2) is 5.79 Å². The van der Waals surface area contributed by atoms with Crippen molar-refractivity contribution in [1.82, 2.24) is 0 Å². The van der Waals surface area contributed by atoms with Crippen molar-refractivity contribution in [2.24, 2.45) is 16.7 Å². The van der Waals surface area contributed by atoms with Gasteiger partial charge in [0, 0.05) is 25.6 Å². The van der Waals surface area contributed by atoms with Crippen molar-refractivity contribution in [3.8, 4) is 0 Å².